The SMILES string of the molecule is CCCCCCOCc1ccccc1S. The summed E-state index contributed by atoms with van der Waals surface area (Å²) < 4.78 is 5.60. The van der Waals surface area contributed by atoms with Crippen LogP contribution in [0.1, 0.15) is 38.2 Å². The highest BCUT2D eigenvalue weighted by Crippen LogP contribution is 2.13. The largest absolute Gasteiger partial charge is 0.377 e. The fourth-order valence-corrected chi connectivity index (χ4v) is 1.67. The van der Waals surface area contributed by atoms with Gasteiger partial charge in [-0.3, -0.25) is 0 Å². The van der Waals surface area contributed by atoms with Gasteiger partial charge in [0.1, 0.15) is 0 Å². The summed E-state index contributed by atoms with van der Waals surface area (Å²) in [6.45, 7) is 3.77. The molecule has 15 heavy (non-hydrogen) atoms. The molecule has 84 valence electrons. The van der Waals surface area contributed by atoms with E-state index in [1.807, 2.05) is 18.2 Å². The number of hydrogen-bond acceptors (Lipinski definition) is 2. The molecule has 0 saturated heterocycles. The third-order valence-electron chi connectivity index (χ3n) is 2.39. The second-order valence-corrected chi connectivity index (χ2v) is 4.22. The number of thiol groups is 1. The molecule has 0 aliphatic carbocycles. The number of benzene rings is 1. The van der Waals surface area contributed by atoms with Crippen molar-refractivity contribution < 1.29 is 4.74 Å². The summed E-state index contributed by atoms with van der Waals surface area (Å²) in [5, 5.41) is 0. The van der Waals surface area contributed by atoms with Crippen molar-refractivity contribution in [3.05, 3.63) is 29.8 Å². The number of hydrogen-bond donors (Lipinski definition) is 1. The summed E-state index contributed by atoms with van der Waals surface area (Å²) in [6, 6.07) is 8.08. The van der Waals surface area contributed by atoms with E-state index < -0.39 is 0 Å². The molecule has 2 heteroatoms. The van der Waals surface area contributed by atoms with Crippen molar-refractivity contribution >= 4 is 12.6 Å². The predicted octanol–water partition coefficient (Wildman–Crippen LogP) is 4.07. The Balaban J connectivity index is 2.12. The van der Waals surface area contributed by atoms with E-state index in [4.69, 9.17) is 4.74 Å². The van der Waals surface area contributed by atoms with Crippen molar-refractivity contribution in [3.63, 3.8) is 0 Å². The number of unbranched alkanes of at least 4 members (excludes halogenated alkanes) is 3. The van der Waals surface area contributed by atoms with Crippen LogP contribution in [0.15, 0.2) is 29.2 Å². The summed E-state index contributed by atoms with van der Waals surface area (Å²) in [4.78, 5) is 1.02. The van der Waals surface area contributed by atoms with Gasteiger partial charge < -0.3 is 4.74 Å². The first-order chi connectivity index (χ1) is 7.34. The molecule has 1 rings (SSSR count). The zero-order chi connectivity index (χ0) is 10.9. The van der Waals surface area contributed by atoms with Gasteiger partial charge in [-0.05, 0) is 18.1 Å². The normalized spacial score (nSPS) is 10.5. The van der Waals surface area contributed by atoms with Gasteiger partial charge in [0.05, 0.1) is 6.61 Å². The van der Waals surface area contributed by atoms with Crippen LogP contribution >= 0.6 is 12.6 Å². The highest BCUT2D eigenvalue weighted by molar-refractivity contribution is 7.80. The Morgan fingerprint density at radius 2 is 1.93 bits per heavy atom. The quantitative estimate of drug-likeness (QED) is 0.542. The van der Waals surface area contributed by atoms with Gasteiger partial charge in [-0.1, -0.05) is 44.4 Å². The van der Waals surface area contributed by atoms with Crippen LogP contribution in [-0.2, 0) is 11.3 Å². The van der Waals surface area contributed by atoms with E-state index in [0.717, 1.165) is 11.5 Å². The molecule has 0 N–H and O–H groups in total. The third kappa shape index (κ3) is 5.24. The van der Waals surface area contributed by atoms with Crippen LogP contribution < -0.4 is 0 Å². The molecule has 0 aliphatic heterocycles. The van der Waals surface area contributed by atoms with Crippen LogP contribution in [0.4, 0.5) is 0 Å². The molecule has 0 heterocycles. The molecule has 0 amide bonds. The smallest absolute Gasteiger partial charge is 0.0727 e. The Morgan fingerprint density at radius 1 is 1.13 bits per heavy atom. The minimum absolute atomic E-state index is 0.686. The highest BCUT2D eigenvalue weighted by Gasteiger charge is 1.97. The first-order valence-corrected chi connectivity index (χ1v) is 6.14. The second-order valence-electron chi connectivity index (χ2n) is 3.74. The van der Waals surface area contributed by atoms with Gasteiger partial charge in [-0.15, -0.1) is 12.6 Å². The van der Waals surface area contributed by atoms with Gasteiger partial charge in [-0.25, -0.2) is 0 Å². The predicted molar refractivity (Wildman–Crippen MR) is 67.5 cm³/mol. The van der Waals surface area contributed by atoms with Crippen molar-refractivity contribution in [2.45, 2.75) is 44.1 Å². The molecule has 1 nitrogen and oxygen atoms in total. The van der Waals surface area contributed by atoms with E-state index in [1.54, 1.807) is 0 Å². The van der Waals surface area contributed by atoms with Crippen molar-refractivity contribution in [1.82, 2.24) is 0 Å². The zero-order valence-electron chi connectivity index (χ0n) is 9.41. The molecule has 1 aromatic rings. The standard InChI is InChI=1S/C13H20OS/c1-2-3-4-7-10-14-11-12-8-5-6-9-13(12)15/h5-6,8-9,15H,2-4,7,10-11H2,1H3. The molecule has 0 spiro atoms. The maximum Gasteiger partial charge on any atom is 0.0727 e. The lowest BCUT2D eigenvalue weighted by molar-refractivity contribution is 0.115. The van der Waals surface area contributed by atoms with E-state index >= 15 is 0 Å². The highest BCUT2D eigenvalue weighted by atomic mass is 32.1. The molecule has 0 fully saturated rings. The first kappa shape index (κ1) is 12.6. The van der Waals surface area contributed by atoms with E-state index in [0.29, 0.717) is 6.61 Å². The van der Waals surface area contributed by atoms with Gasteiger partial charge in [-0.2, -0.15) is 0 Å². The minimum Gasteiger partial charge on any atom is -0.377 e. The molecule has 0 aromatic heterocycles. The lowest BCUT2D eigenvalue weighted by Gasteiger charge is -2.06. The second kappa shape index (κ2) is 7.77. The molecule has 0 saturated carbocycles. The van der Waals surface area contributed by atoms with Crippen molar-refractivity contribution in [3.8, 4) is 0 Å². The van der Waals surface area contributed by atoms with Crippen LogP contribution in [0.25, 0.3) is 0 Å². The molecular weight excluding hydrogens is 204 g/mol. The fourth-order valence-electron chi connectivity index (χ4n) is 1.45. The van der Waals surface area contributed by atoms with Gasteiger partial charge >= 0.3 is 0 Å². The van der Waals surface area contributed by atoms with Crippen LogP contribution in [-0.4, -0.2) is 6.61 Å². The lowest BCUT2D eigenvalue weighted by atomic mass is 10.2. The van der Waals surface area contributed by atoms with Crippen LogP contribution in [0.5, 0.6) is 0 Å². The van der Waals surface area contributed by atoms with Crippen LogP contribution in [0.2, 0.25) is 0 Å². The summed E-state index contributed by atoms with van der Waals surface area (Å²) in [7, 11) is 0. The third-order valence-corrected chi connectivity index (χ3v) is 2.83. The molecule has 0 radical (unpaired) electrons. The fraction of sp³-hybridized carbons (Fsp3) is 0.538. The van der Waals surface area contributed by atoms with Gasteiger partial charge in [0, 0.05) is 11.5 Å². The van der Waals surface area contributed by atoms with Gasteiger partial charge in [0.15, 0.2) is 0 Å². The van der Waals surface area contributed by atoms with E-state index in [2.05, 4.69) is 25.6 Å². The first-order valence-electron chi connectivity index (χ1n) is 5.69. The molecule has 1 aromatic carbocycles. The van der Waals surface area contributed by atoms with Crippen LogP contribution in [0, 0.1) is 0 Å². The molecule has 0 atom stereocenters. The van der Waals surface area contributed by atoms with E-state index in [1.165, 1.54) is 31.2 Å². The molecule has 0 aliphatic rings. The average molecular weight is 224 g/mol. The Bertz CT molecular complexity index is 273. The van der Waals surface area contributed by atoms with Crippen molar-refractivity contribution in [2.24, 2.45) is 0 Å². The van der Waals surface area contributed by atoms with Crippen LogP contribution in [0.3, 0.4) is 0 Å². The maximum atomic E-state index is 5.60. The van der Waals surface area contributed by atoms with Crippen molar-refractivity contribution in [2.75, 3.05) is 6.61 Å². The Hall–Kier alpha value is -0.470. The van der Waals surface area contributed by atoms with E-state index in [-0.39, 0.29) is 0 Å². The Labute approximate surface area is 98.3 Å². The number of rotatable bonds is 7. The monoisotopic (exact) mass is 224 g/mol. The van der Waals surface area contributed by atoms with Crippen molar-refractivity contribution in [1.29, 1.82) is 0 Å². The zero-order valence-corrected chi connectivity index (χ0v) is 10.3. The summed E-state index contributed by atoms with van der Waals surface area (Å²) >= 11 is 4.38. The summed E-state index contributed by atoms with van der Waals surface area (Å²) in [5.74, 6) is 0. The summed E-state index contributed by atoms with van der Waals surface area (Å²) in [6.07, 6.45) is 5.04. The van der Waals surface area contributed by atoms with Gasteiger partial charge in [0.25, 0.3) is 0 Å². The molecular formula is C13H20OS. The molecule has 0 bridgehead atoms. The Morgan fingerprint density at radius 3 is 2.67 bits per heavy atom. The maximum absolute atomic E-state index is 5.60. The lowest BCUT2D eigenvalue weighted by Crippen LogP contribution is -1.96. The Kier molecular flexibility index (Phi) is 6.53. The average Bonchev–Trinajstić information content (AvgIpc) is 2.25. The molecule has 0 unspecified atom stereocenters. The minimum atomic E-state index is 0.686. The summed E-state index contributed by atoms with van der Waals surface area (Å²) in [5.41, 5.74) is 1.18. The van der Waals surface area contributed by atoms with E-state index in [9.17, 15) is 0 Å². The van der Waals surface area contributed by atoms with Gasteiger partial charge in [0.2, 0.25) is 0 Å². The topological polar surface area (TPSA) is 9.23 Å². The number of ether oxygens (including phenoxy) is 1.